The van der Waals surface area contributed by atoms with E-state index in [0.717, 1.165) is 18.7 Å². The van der Waals surface area contributed by atoms with Crippen LogP contribution in [0.25, 0.3) is 0 Å². The zero-order valence-corrected chi connectivity index (χ0v) is 13.2. The monoisotopic (exact) mass is 316 g/mol. The second-order valence-corrected chi connectivity index (χ2v) is 6.16. The van der Waals surface area contributed by atoms with E-state index in [1.54, 1.807) is 0 Å². The molecule has 0 saturated carbocycles. The molecule has 23 heavy (non-hydrogen) atoms. The molecule has 2 fully saturated rings. The van der Waals surface area contributed by atoms with E-state index in [1.165, 1.54) is 32.0 Å². The summed E-state index contributed by atoms with van der Waals surface area (Å²) in [6.45, 7) is 4.07. The summed E-state index contributed by atoms with van der Waals surface area (Å²) < 4.78 is 10.1. The minimum atomic E-state index is -1.22. The molecule has 2 heterocycles. The molecule has 0 amide bonds. The van der Waals surface area contributed by atoms with E-state index in [-0.39, 0.29) is 5.57 Å². The highest BCUT2D eigenvalue weighted by molar-refractivity contribution is 6.15. The average Bonchev–Trinajstić information content (AvgIpc) is 2.99. The van der Waals surface area contributed by atoms with Crippen LogP contribution in [0, 0.1) is 0 Å². The Labute approximate surface area is 134 Å². The van der Waals surface area contributed by atoms with Crippen LogP contribution in [0.15, 0.2) is 36.0 Å². The summed E-state index contributed by atoms with van der Waals surface area (Å²) in [6.07, 6.45) is 3.61. The first kappa shape index (κ1) is 15.6. The fraction of sp³-hybridized carbons (Fsp3) is 0.412. The third-order valence-corrected chi connectivity index (χ3v) is 3.85. The fourth-order valence-corrected chi connectivity index (χ4v) is 2.75. The van der Waals surface area contributed by atoms with Gasteiger partial charge < -0.3 is 20.1 Å². The molecular formula is C17H20N2O4. The van der Waals surface area contributed by atoms with Gasteiger partial charge in [0.05, 0.1) is 0 Å². The van der Waals surface area contributed by atoms with Gasteiger partial charge in [0, 0.05) is 31.8 Å². The number of hydrogen-bond acceptors (Lipinski definition) is 6. The van der Waals surface area contributed by atoms with Crippen LogP contribution in [-0.2, 0) is 19.1 Å². The Bertz CT molecular complexity index is 638. The number of carbonyl (C=O) groups is 2. The van der Waals surface area contributed by atoms with Gasteiger partial charge in [0.25, 0.3) is 5.79 Å². The molecular weight excluding hydrogens is 296 g/mol. The fourth-order valence-electron chi connectivity index (χ4n) is 2.75. The summed E-state index contributed by atoms with van der Waals surface area (Å²) in [5, 5.41) is 6.41. The summed E-state index contributed by atoms with van der Waals surface area (Å²) in [7, 11) is 0. The van der Waals surface area contributed by atoms with Gasteiger partial charge in [-0.3, -0.25) is 0 Å². The van der Waals surface area contributed by atoms with Crippen molar-refractivity contribution in [2.45, 2.75) is 38.5 Å². The summed E-state index contributed by atoms with van der Waals surface area (Å²) in [5.74, 6) is -2.60. The van der Waals surface area contributed by atoms with Crippen molar-refractivity contribution < 1.29 is 19.1 Å². The molecule has 2 saturated heterocycles. The quantitative estimate of drug-likeness (QED) is 0.506. The zero-order valence-electron chi connectivity index (χ0n) is 13.2. The summed E-state index contributed by atoms with van der Waals surface area (Å²) in [6, 6.07) is 8.24. The van der Waals surface area contributed by atoms with E-state index in [4.69, 9.17) is 9.47 Å². The van der Waals surface area contributed by atoms with Crippen molar-refractivity contribution in [2.75, 3.05) is 11.9 Å². The van der Waals surface area contributed by atoms with Gasteiger partial charge in [-0.25, -0.2) is 9.59 Å². The number of cyclic esters (lactones) is 2. The SMILES string of the molecule is CC1(C)OC(=O)C(=CNc2cccc(C3CCCN3)c2)C(=O)O1. The first-order valence-corrected chi connectivity index (χ1v) is 7.71. The molecule has 1 aromatic carbocycles. The van der Waals surface area contributed by atoms with Gasteiger partial charge in [0.2, 0.25) is 0 Å². The van der Waals surface area contributed by atoms with Crippen molar-refractivity contribution >= 4 is 17.6 Å². The Hall–Kier alpha value is -2.34. The van der Waals surface area contributed by atoms with Crippen LogP contribution in [0.3, 0.4) is 0 Å². The molecule has 6 heteroatoms. The number of carbonyl (C=O) groups excluding carboxylic acids is 2. The number of anilines is 1. The summed E-state index contributed by atoms with van der Waals surface area (Å²) in [4.78, 5) is 23.8. The second-order valence-electron chi connectivity index (χ2n) is 6.16. The molecule has 2 aliphatic heterocycles. The van der Waals surface area contributed by atoms with Crippen LogP contribution in [-0.4, -0.2) is 24.3 Å². The van der Waals surface area contributed by atoms with E-state index in [0.29, 0.717) is 6.04 Å². The van der Waals surface area contributed by atoms with Gasteiger partial charge in [-0.1, -0.05) is 12.1 Å². The lowest BCUT2D eigenvalue weighted by atomic mass is 10.0. The maximum atomic E-state index is 11.9. The third kappa shape index (κ3) is 3.53. The predicted octanol–water partition coefficient (Wildman–Crippen LogP) is 2.24. The number of nitrogens with one attached hydrogen (secondary N) is 2. The Morgan fingerprint density at radius 3 is 2.65 bits per heavy atom. The third-order valence-electron chi connectivity index (χ3n) is 3.85. The molecule has 0 radical (unpaired) electrons. The van der Waals surface area contributed by atoms with Crippen LogP contribution in [0.5, 0.6) is 0 Å². The largest absolute Gasteiger partial charge is 0.419 e. The topological polar surface area (TPSA) is 76.7 Å². The lowest BCUT2D eigenvalue weighted by Crippen LogP contribution is -2.42. The Morgan fingerprint density at radius 2 is 2.00 bits per heavy atom. The van der Waals surface area contributed by atoms with Gasteiger partial charge in [-0.15, -0.1) is 0 Å². The molecule has 1 atom stereocenters. The highest BCUT2D eigenvalue weighted by Gasteiger charge is 2.38. The molecule has 0 aliphatic carbocycles. The van der Waals surface area contributed by atoms with Crippen LogP contribution in [0.4, 0.5) is 5.69 Å². The number of hydrogen-bond donors (Lipinski definition) is 2. The van der Waals surface area contributed by atoms with Crippen LogP contribution in [0.1, 0.15) is 38.3 Å². The smallest absolute Gasteiger partial charge is 0.350 e. The van der Waals surface area contributed by atoms with E-state index in [2.05, 4.69) is 16.7 Å². The predicted molar refractivity (Wildman–Crippen MR) is 84.4 cm³/mol. The standard InChI is InChI=1S/C17H20N2O4/c1-17(2)22-15(20)13(16(21)23-17)10-19-12-6-3-5-11(9-12)14-7-4-8-18-14/h3,5-6,9-10,14,18-19H,4,7-8H2,1-2H3. The van der Waals surface area contributed by atoms with Crippen molar-refractivity contribution in [3.05, 3.63) is 41.6 Å². The van der Waals surface area contributed by atoms with Gasteiger partial charge in [0.1, 0.15) is 0 Å². The zero-order chi connectivity index (χ0) is 16.4. The number of rotatable bonds is 3. The van der Waals surface area contributed by atoms with Crippen LogP contribution in [0.2, 0.25) is 0 Å². The summed E-state index contributed by atoms with van der Waals surface area (Å²) in [5.41, 5.74) is 1.84. The highest BCUT2D eigenvalue weighted by Crippen LogP contribution is 2.26. The molecule has 0 aromatic heterocycles. The molecule has 122 valence electrons. The molecule has 3 rings (SSSR count). The molecule has 0 spiro atoms. The van der Waals surface area contributed by atoms with E-state index < -0.39 is 17.7 Å². The molecule has 6 nitrogen and oxygen atoms in total. The van der Waals surface area contributed by atoms with Crippen molar-refractivity contribution in [3.63, 3.8) is 0 Å². The van der Waals surface area contributed by atoms with Crippen LogP contribution < -0.4 is 10.6 Å². The molecule has 2 N–H and O–H groups in total. The van der Waals surface area contributed by atoms with Gasteiger partial charge >= 0.3 is 11.9 Å². The average molecular weight is 316 g/mol. The van der Waals surface area contributed by atoms with Crippen LogP contribution >= 0.6 is 0 Å². The Kier molecular flexibility index (Phi) is 4.09. The first-order chi connectivity index (χ1) is 10.9. The van der Waals surface area contributed by atoms with E-state index in [9.17, 15) is 9.59 Å². The Morgan fingerprint density at radius 1 is 1.26 bits per heavy atom. The lowest BCUT2D eigenvalue weighted by Gasteiger charge is -2.29. The van der Waals surface area contributed by atoms with Gasteiger partial charge in [-0.05, 0) is 37.1 Å². The van der Waals surface area contributed by atoms with Crippen molar-refractivity contribution in [1.82, 2.24) is 5.32 Å². The maximum absolute atomic E-state index is 11.9. The first-order valence-electron chi connectivity index (χ1n) is 7.71. The van der Waals surface area contributed by atoms with E-state index >= 15 is 0 Å². The van der Waals surface area contributed by atoms with Gasteiger partial charge in [0.15, 0.2) is 5.57 Å². The number of benzene rings is 1. The maximum Gasteiger partial charge on any atom is 0.350 e. The van der Waals surface area contributed by atoms with Gasteiger partial charge in [-0.2, -0.15) is 0 Å². The summed E-state index contributed by atoms with van der Waals surface area (Å²) >= 11 is 0. The lowest BCUT2D eigenvalue weighted by molar-refractivity contribution is -0.222. The molecule has 1 unspecified atom stereocenters. The molecule has 0 bridgehead atoms. The number of esters is 2. The Balaban J connectivity index is 1.73. The molecule has 2 aliphatic rings. The minimum absolute atomic E-state index is 0.145. The van der Waals surface area contributed by atoms with Crippen molar-refractivity contribution in [1.29, 1.82) is 0 Å². The highest BCUT2D eigenvalue weighted by atomic mass is 16.7. The normalized spacial score (nSPS) is 23.2. The van der Waals surface area contributed by atoms with Crippen molar-refractivity contribution in [3.8, 4) is 0 Å². The number of ether oxygens (including phenoxy) is 2. The molecule has 1 aromatic rings. The van der Waals surface area contributed by atoms with Crippen molar-refractivity contribution in [2.24, 2.45) is 0 Å². The van der Waals surface area contributed by atoms with E-state index in [1.807, 2.05) is 18.2 Å². The minimum Gasteiger partial charge on any atom is -0.419 e. The second kappa shape index (κ2) is 6.04.